The molecule has 0 aliphatic heterocycles. The van der Waals surface area contributed by atoms with Gasteiger partial charge in [-0.1, -0.05) is 0 Å². The molecular weight excluding hydrogens is 133 g/mol. The molecule has 42 valence electrons. The first kappa shape index (κ1) is 8.68. The molecule has 0 fully saturated rings. The van der Waals surface area contributed by atoms with Crippen molar-refractivity contribution in [1.82, 2.24) is 4.98 Å². The zero-order valence-corrected chi connectivity index (χ0v) is 6.87. The number of hydrogen-bond donors (Lipinski definition) is 1. The molecule has 0 aliphatic carbocycles. The molecule has 0 radical (unpaired) electrons. The van der Waals surface area contributed by atoms with Gasteiger partial charge in [0.2, 0.25) is 0 Å². The quantitative estimate of drug-likeness (QED) is 0.429. The van der Waals surface area contributed by atoms with Gasteiger partial charge in [0.05, 0.1) is 6.20 Å². The zero-order valence-electron chi connectivity index (χ0n) is 4.87. The molecule has 4 nitrogen and oxygen atoms in total. The topological polar surface area (TPSA) is 63.3 Å². The van der Waals surface area contributed by atoms with Crippen molar-refractivity contribution in [3.8, 4) is 0 Å². The number of hydrogen-bond acceptors (Lipinski definition) is 3. The van der Waals surface area contributed by atoms with Crippen molar-refractivity contribution in [2.24, 2.45) is 0 Å². The van der Waals surface area contributed by atoms with E-state index in [0.717, 1.165) is 0 Å². The van der Waals surface area contributed by atoms with Gasteiger partial charge in [-0.15, -0.1) is 0 Å². The second-order valence-corrected chi connectivity index (χ2v) is 1.14. The largest absolute Gasteiger partial charge is 1.00 e. The average Bonchev–Trinajstić information content (AvgIpc) is 2.12. The van der Waals surface area contributed by atoms with Crippen LogP contribution in [0.2, 0.25) is 0 Å². The van der Waals surface area contributed by atoms with Gasteiger partial charge in [0, 0.05) is 0 Å². The van der Waals surface area contributed by atoms with Gasteiger partial charge in [0.25, 0.3) is 0 Å². The number of oxazole rings is 1. The van der Waals surface area contributed by atoms with Crippen LogP contribution < -0.4 is 29.6 Å². The van der Waals surface area contributed by atoms with Gasteiger partial charge >= 0.3 is 41.4 Å². The van der Waals surface area contributed by atoms with Crippen LogP contribution in [0, 0.1) is 0 Å². The van der Waals surface area contributed by atoms with Crippen LogP contribution in [0.3, 0.4) is 0 Å². The first-order valence-electron chi connectivity index (χ1n) is 1.93. The molecule has 0 amide bonds. The molecule has 1 aromatic heterocycles. The Labute approximate surface area is 73.2 Å². The standard InChI is InChI=1S/C4H3NO3.Na/c6-4(7)3-5-1-2-8-3;/h1-2H,(H,6,7);/q;+1. The minimum Gasteiger partial charge on any atom is -0.474 e. The summed E-state index contributed by atoms with van der Waals surface area (Å²) in [4.78, 5) is 13.3. The van der Waals surface area contributed by atoms with Gasteiger partial charge in [-0.25, -0.2) is 9.78 Å². The van der Waals surface area contributed by atoms with E-state index in [2.05, 4.69) is 9.40 Å². The smallest absolute Gasteiger partial charge is 0.474 e. The second kappa shape index (κ2) is 3.66. The van der Waals surface area contributed by atoms with Crippen LogP contribution in [-0.4, -0.2) is 16.1 Å². The van der Waals surface area contributed by atoms with Gasteiger partial charge < -0.3 is 9.52 Å². The molecule has 0 bridgehead atoms. The van der Waals surface area contributed by atoms with E-state index >= 15 is 0 Å². The van der Waals surface area contributed by atoms with Crippen LogP contribution in [0.25, 0.3) is 0 Å². The fourth-order valence-electron chi connectivity index (χ4n) is 0.329. The first-order chi connectivity index (χ1) is 3.80. The summed E-state index contributed by atoms with van der Waals surface area (Å²) in [5.41, 5.74) is 0. The summed E-state index contributed by atoms with van der Waals surface area (Å²) in [5.74, 6) is -1.42. The fraction of sp³-hybridized carbons (Fsp3) is 0. The minimum absolute atomic E-state index is 0. The number of carboxylic acids is 1. The van der Waals surface area contributed by atoms with E-state index in [1.807, 2.05) is 0 Å². The van der Waals surface area contributed by atoms with Crippen LogP contribution in [0.15, 0.2) is 16.9 Å². The van der Waals surface area contributed by atoms with Crippen molar-refractivity contribution >= 4 is 5.97 Å². The third-order valence-corrected chi connectivity index (χ3v) is 0.615. The van der Waals surface area contributed by atoms with Crippen LogP contribution >= 0.6 is 0 Å². The van der Waals surface area contributed by atoms with Crippen LogP contribution in [0.4, 0.5) is 0 Å². The van der Waals surface area contributed by atoms with Crippen LogP contribution in [0.5, 0.6) is 0 Å². The number of aromatic nitrogens is 1. The summed E-state index contributed by atoms with van der Waals surface area (Å²) in [6.07, 6.45) is 2.49. The maximum Gasteiger partial charge on any atom is 1.00 e. The summed E-state index contributed by atoms with van der Waals surface area (Å²) >= 11 is 0. The summed E-state index contributed by atoms with van der Waals surface area (Å²) < 4.78 is 4.38. The van der Waals surface area contributed by atoms with E-state index in [4.69, 9.17) is 5.11 Å². The Balaban J connectivity index is 0.000000640. The molecule has 0 aliphatic rings. The Kier molecular flexibility index (Phi) is 3.53. The first-order valence-corrected chi connectivity index (χ1v) is 1.93. The molecule has 0 spiro atoms. The third-order valence-electron chi connectivity index (χ3n) is 0.615. The Morgan fingerprint density at radius 2 is 2.44 bits per heavy atom. The summed E-state index contributed by atoms with van der Waals surface area (Å²) in [5, 5.41) is 8.12. The molecule has 1 N–H and O–H groups in total. The maximum absolute atomic E-state index is 9.91. The van der Waals surface area contributed by atoms with Crippen molar-refractivity contribution in [3.63, 3.8) is 0 Å². The Morgan fingerprint density at radius 1 is 1.78 bits per heavy atom. The molecule has 1 aromatic rings. The molecule has 0 saturated carbocycles. The van der Waals surface area contributed by atoms with Crippen molar-refractivity contribution < 1.29 is 43.9 Å². The van der Waals surface area contributed by atoms with Crippen molar-refractivity contribution in [3.05, 3.63) is 18.4 Å². The third kappa shape index (κ3) is 2.17. The van der Waals surface area contributed by atoms with Gasteiger partial charge in [-0.05, 0) is 0 Å². The maximum atomic E-state index is 9.91. The van der Waals surface area contributed by atoms with Crippen LogP contribution in [0.1, 0.15) is 10.7 Å². The molecule has 0 unspecified atom stereocenters. The van der Waals surface area contributed by atoms with Crippen molar-refractivity contribution in [2.45, 2.75) is 0 Å². The summed E-state index contributed by atoms with van der Waals surface area (Å²) in [7, 11) is 0. The molecule has 5 heteroatoms. The number of rotatable bonds is 1. The van der Waals surface area contributed by atoms with Gasteiger partial charge in [0.15, 0.2) is 0 Å². The fourth-order valence-corrected chi connectivity index (χ4v) is 0.329. The summed E-state index contributed by atoms with van der Waals surface area (Å²) in [6, 6.07) is 0. The second-order valence-electron chi connectivity index (χ2n) is 1.14. The number of aromatic carboxylic acids is 1. The number of carboxylic acid groups (broad SMARTS) is 1. The molecule has 1 heterocycles. The monoisotopic (exact) mass is 136 g/mol. The van der Waals surface area contributed by atoms with E-state index in [-0.39, 0.29) is 35.4 Å². The predicted molar refractivity (Wildman–Crippen MR) is 23.5 cm³/mol. The van der Waals surface area contributed by atoms with E-state index < -0.39 is 5.97 Å². The molecule has 0 aromatic carbocycles. The average molecular weight is 136 g/mol. The van der Waals surface area contributed by atoms with E-state index in [1.54, 1.807) is 0 Å². The van der Waals surface area contributed by atoms with Crippen LogP contribution in [-0.2, 0) is 0 Å². The number of nitrogens with zero attached hydrogens (tertiary/aromatic N) is 1. The molecular formula is C4H3NNaO3+. The predicted octanol–water partition coefficient (Wildman–Crippen LogP) is -2.62. The Hall–Kier alpha value is -0.320. The summed E-state index contributed by atoms with van der Waals surface area (Å²) in [6.45, 7) is 0. The van der Waals surface area contributed by atoms with Gasteiger partial charge in [-0.3, -0.25) is 0 Å². The van der Waals surface area contributed by atoms with Gasteiger partial charge in [-0.2, -0.15) is 0 Å². The Bertz CT molecular complexity index is 184. The normalized spacial score (nSPS) is 8.00. The number of carbonyl (C=O) groups is 1. The van der Waals surface area contributed by atoms with E-state index in [9.17, 15) is 4.79 Å². The van der Waals surface area contributed by atoms with E-state index in [0.29, 0.717) is 0 Å². The van der Waals surface area contributed by atoms with Crippen molar-refractivity contribution in [2.75, 3.05) is 0 Å². The van der Waals surface area contributed by atoms with Gasteiger partial charge in [0.1, 0.15) is 6.26 Å². The van der Waals surface area contributed by atoms with Crippen molar-refractivity contribution in [1.29, 1.82) is 0 Å². The zero-order chi connectivity index (χ0) is 5.98. The minimum atomic E-state index is -1.14. The Morgan fingerprint density at radius 3 is 2.67 bits per heavy atom. The molecule has 1 rings (SSSR count). The molecule has 0 saturated heterocycles. The molecule has 9 heavy (non-hydrogen) atoms. The van der Waals surface area contributed by atoms with E-state index in [1.165, 1.54) is 12.5 Å². The SMILES string of the molecule is O=C(O)c1ncco1.[Na+]. The molecule has 0 atom stereocenters.